The molecule has 3 nitrogen and oxygen atoms in total. The fraction of sp³-hybridized carbons (Fsp3) is 0.933. The summed E-state index contributed by atoms with van der Waals surface area (Å²) in [7, 11) is 0. The van der Waals surface area contributed by atoms with Crippen molar-refractivity contribution in [1.29, 1.82) is 0 Å². The Morgan fingerprint density at radius 3 is 2.67 bits per heavy atom. The van der Waals surface area contributed by atoms with Gasteiger partial charge in [-0.15, -0.1) is 0 Å². The molecule has 0 saturated carbocycles. The van der Waals surface area contributed by atoms with Gasteiger partial charge in [0.25, 0.3) is 0 Å². The first kappa shape index (κ1) is 13.9. The number of piperidine rings is 1. The molecule has 0 aliphatic carbocycles. The number of amides is 1. The highest BCUT2D eigenvalue weighted by Crippen LogP contribution is 2.34. The van der Waals surface area contributed by atoms with E-state index < -0.39 is 0 Å². The maximum absolute atomic E-state index is 12.2. The second kappa shape index (κ2) is 6.05. The quantitative estimate of drug-likeness (QED) is 0.834. The lowest BCUT2D eigenvalue weighted by molar-refractivity contribution is -0.133. The monoisotopic (exact) mass is 252 g/mol. The van der Waals surface area contributed by atoms with Crippen molar-refractivity contribution in [3.8, 4) is 0 Å². The summed E-state index contributed by atoms with van der Waals surface area (Å²) >= 11 is 0. The van der Waals surface area contributed by atoms with Gasteiger partial charge < -0.3 is 10.2 Å². The number of carbonyl (C=O) groups excluding carboxylic acids is 1. The first-order valence-corrected chi connectivity index (χ1v) is 7.64. The number of nitrogens with zero attached hydrogens (tertiary/aromatic N) is 1. The van der Waals surface area contributed by atoms with Crippen LogP contribution >= 0.6 is 0 Å². The zero-order chi connectivity index (χ0) is 13.0. The first-order chi connectivity index (χ1) is 8.63. The Hall–Kier alpha value is -0.570. The van der Waals surface area contributed by atoms with Gasteiger partial charge in [0.15, 0.2) is 0 Å². The Morgan fingerprint density at radius 2 is 2.11 bits per heavy atom. The van der Waals surface area contributed by atoms with Gasteiger partial charge in [-0.3, -0.25) is 4.79 Å². The molecule has 2 aliphatic rings. The average Bonchev–Trinajstić information content (AvgIpc) is 2.90. The molecule has 0 bridgehead atoms. The van der Waals surface area contributed by atoms with Gasteiger partial charge in [-0.25, -0.2) is 0 Å². The van der Waals surface area contributed by atoms with Crippen LogP contribution in [0.1, 0.15) is 58.8 Å². The third kappa shape index (κ3) is 3.47. The fourth-order valence-electron chi connectivity index (χ4n) is 3.11. The van der Waals surface area contributed by atoms with Crippen molar-refractivity contribution in [3.05, 3.63) is 0 Å². The van der Waals surface area contributed by atoms with Gasteiger partial charge in [-0.1, -0.05) is 20.3 Å². The highest BCUT2D eigenvalue weighted by Gasteiger charge is 2.30. The minimum atomic E-state index is 0.377. The Morgan fingerprint density at radius 1 is 1.39 bits per heavy atom. The molecule has 0 aromatic heterocycles. The van der Waals surface area contributed by atoms with Crippen LogP contribution in [0.4, 0.5) is 0 Å². The molecule has 2 aliphatic heterocycles. The van der Waals surface area contributed by atoms with E-state index in [1.165, 1.54) is 32.1 Å². The fourth-order valence-corrected chi connectivity index (χ4v) is 3.11. The van der Waals surface area contributed by atoms with Gasteiger partial charge in [0.2, 0.25) is 5.91 Å². The molecule has 1 amide bonds. The van der Waals surface area contributed by atoms with Crippen LogP contribution in [0.15, 0.2) is 0 Å². The normalized spacial score (nSPS) is 27.4. The average molecular weight is 252 g/mol. The Balaban J connectivity index is 1.70. The lowest BCUT2D eigenvalue weighted by Crippen LogP contribution is -2.42. The molecule has 0 spiro atoms. The predicted octanol–water partition coefficient (Wildman–Crippen LogP) is 2.56. The number of hydrogen-bond donors (Lipinski definition) is 1. The molecule has 18 heavy (non-hydrogen) atoms. The Kier molecular flexibility index (Phi) is 4.66. The molecular formula is C15H28N2O. The maximum atomic E-state index is 12.2. The van der Waals surface area contributed by atoms with Crippen LogP contribution in [0.3, 0.4) is 0 Å². The second-order valence-corrected chi connectivity index (χ2v) is 6.38. The van der Waals surface area contributed by atoms with Crippen LogP contribution in [-0.4, -0.2) is 36.5 Å². The van der Waals surface area contributed by atoms with Crippen LogP contribution in [0.5, 0.6) is 0 Å². The summed E-state index contributed by atoms with van der Waals surface area (Å²) in [4.78, 5) is 14.2. The molecule has 0 aromatic rings. The van der Waals surface area contributed by atoms with Crippen molar-refractivity contribution < 1.29 is 4.79 Å². The SMILES string of the molecule is CCC1(C)CCN(C(=O)CCC2CCCN2)CC1. The molecule has 2 heterocycles. The van der Waals surface area contributed by atoms with Gasteiger partial charge in [0.05, 0.1) is 0 Å². The first-order valence-electron chi connectivity index (χ1n) is 7.64. The number of nitrogens with one attached hydrogen (secondary N) is 1. The van der Waals surface area contributed by atoms with Crippen molar-refractivity contribution >= 4 is 5.91 Å². The number of likely N-dealkylation sites (tertiary alicyclic amines) is 1. The highest BCUT2D eigenvalue weighted by atomic mass is 16.2. The van der Waals surface area contributed by atoms with Crippen molar-refractivity contribution in [2.24, 2.45) is 5.41 Å². The van der Waals surface area contributed by atoms with Gasteiger partial charge in [-0.05, 0) is 44.1 Å². The van der Waals surface area contributed by atoms with Crippen LogP contribution in [0.2, 0.25) is 0 Å². The van der Waals surface area contributed by atoms with Crippen LogP contribution in [0.25, 0.3) is 0 Å². The van der Waals surface area contributed by atoms with Gasteiger partial charge in [0, 0.05) is 25.6 Å². The summed E-state index contributed by atoms with van der Waals surface area (Å²) in [6.45, 7) is 7.71. The minimum absolute atomic E-state index is 0.377. The summed E-state index contributed by atoms with van der Waals surface area (Å²) in [5.41, 5.74) is 0.476. The molecule has 0 radical (unpaired) electrons. The topological polar surface area (TPSA) is 32.3 Å². The van der Waals surface area contributed by atoms with Crippen molar-refractivity contribution in [1.82, 2.24) is 10.2 Å². The van der Waals surface area contributed by atoms with E-state index in [0.29, 0.717) is 17.4 Å². The number of hydrogen-bond acceptors (Lipinski definition) is 2. The molecule has 104 valence electrons. The largest absolute Gasteiger partial charge is 0.343 e. The Bertz CT molecular complexity index is 276. The minimum Gasteiger partial charge on any atom is -0.343 e. The number of rotatable bonds is 4. The van der Waals surface area contributed by atoms with E-state index in [-0.39, 0.29) is 0 Å². The molecule has 1 N–H and O–H groups in total. The summed E-state index contributed by atoms with van der Waals surface area (Å²) in [5.74, 6) is 0.377. The van der Waals surface area contributed by atoms with E-state index in [1.807, 2.05) is 0 Å². The Labute approximate surface area is 111 Å². The van der Waals surface area contributed by atoms with Crippen molar-refractivity contribution in [3.63, 3.8) is 0 Å². The summed E-state index contributed by atoms with van der Waals surface area (Å²) < 4.78 is 0. The molecule has 1 unspecified atom stereocenters. The van der Waals surface area contributed by atoms with Crippen molar-refractivity contribution in [2.45, 2.75) is 64.8 Å². The number of carbonyl (C=O) groups is 1. The zero-order valence-corrected chi connectivity index (χ0v) is 12.0. The van der Waals surface area contributed by atoms with Crippen LogP contribution < -0.4 is 5.32 Å². The van der Waals surface area contributed by atoms with Crippen LogP contribution in [0, 0.1) is 5.41 Å². The maximum Gasteiger partial charge on any atom is 0.222 e. The predicted molar refractivity (Wildman–Crippen MR) is 74.5 cm³/mol. The van der Waals surface area contributed by atoms with Crippen LogP contribution in [-0.2, 0) is 4.79 Å². The molecule has 3 heteroatoms. The highest BCUT2D eigenvalue weighted by molar-refractivity contribution is 5.76. The van der Waals surface area contributed by atoms with E-state index >= 15 is 0 Å². The van der Waals surface area contributed by atoms with Gasteiger partial charge in [0.1, 0.15) is 0 Å². The molecule has 1 atom stereocenters. The smallest absolute Gasteiger partial charge is 0.222 e. The van der Waals surface area contributed by atoms with E-state index in [0.717, 1.165) is 32.5 Å². The molecule has 2 fully saturated rings. The zero-order valence-electron chi connectivity index (χ0n) is 12.0. The summed E-state index contributed by atoms with van der Waals surface area (Å²) in [6, 6.07) is 0.597. The summed E-state index contributed by atoms with van der Waals surface area (Å²) in [5, 5.41) is 3.47. The van der Waals surface area contributed by atoms with Gasteiger partial charge >= 0.3 is 0 Å². The molecule has 2 rings (SSSR count). The van der Waals surface area contributed by atoms with E-state index in [1.54, 1.807) is 0 Å². The van der Waals surface area contributed by atoms with Crippen molar-refractivity contribution in [2.75, 3.05) is 19.6 Å². The lowest BCUT2D eigenvalue weighted by atomic mass is 9.78. The second-order valence-electron chi connectivity index (χ2n) is 6.38. The molecule has 2 saturated heterocycles. The van der Waals surface area contributed by atoms with E-state index in [4.69, 9.17) is 0 Å². The van der Waals surface area contributed by atoms with E-state index in [2.05, 4.69) is 24.1 Å². The van der Waals surface area contributed by atoms with E-state index in [9.17, 15) is 4.79 Å². The lowest BCUT2D eigenvalue weighted by Gasteiger charge is -2.39. The van der Waals surface area contributed by atoms with Gasteiger partial charge in [-0.2, -0.15) is 0 Å². The third-order valence-corrected chi connectivity index (χ3v) is 5.05. The standard InChI is InChI=1S/C15H28N2O/c1-3-15(2)8-11-17(12-9-15)14(18)7-6-13-5-4-10-16-13/h13,16H,3-12H2,1-2H3. The third-order valence-electron chi connectivity index (χ3n) is 5.05. The molecule has 0 aromatic carbocycles. The summed E-state index contributed by atoms with van der Waals surface area (Å²) in [6.07, 6.45) is 7.88. The molecular weight excluding hydrogens is 224 g/mol.